The van der Waals surface area contributed by atoms with Crippen molar-refractivity contribution in [1.82, 2.24) is 0 Å². The van der Waals surface area contributed by atoms with Crippen molar-refractivity contribution in [3.8, 4) is 0 Å². The number of methoxy groups -OCH3 is 2. The average Bonchev–Trinajstić information content (AvgIpc) is 2.09. The highest BCUT2D eigenvalue weighted by Crippen LogP contribution is 2.40. The van der Waals surface area contributed by atoms with Crippen molar-refractivity contribution < 1.29 is 9.47 Å². The molecule has 2 heteroatoms. The topological polar surface area (TPSA) is 18.5 Å². The van der Waals surface area contributed by atoms with Crippen LogP contribution in [0.5, 0.6) is 0 Å². The van der Waals surface area contributed by atoms with Crippen molar-refractivity contribution in [3.05, 3.63) is 0 Å². The van der Waals surface area contributed by atoms with Gasteiger partial charge in [-0.15, -0.1) is 0 Å². The highest BCUT2D eigenvalue weighted by molar-refractivity contribution is 4.89. The van der Waals surface area contributed by atoms with Gasteiger partial charge in [0.2, 0.25) is 0 Å². The van der Waals surface area contributed by atoms with Gasteiger partial charge in [-0.2, -0.15) is 0 Å². The van der Waals surface area contributed by atoms with Gasteiger partial charge in [0, 0.05) is 20.8 Å². The lowest BCUT2D eigenvalue weighted by Gasteiger charge is -2.41. The predicted octanol–water partition coefficient (Wildman–Crippen LogP) is 4.28. The Balaban J connectivity index is 4.87. The number of rotatable bonds is 6. The normalized spacial score (nSPS) is 14.1. The Kier molecular flexibility index (Phi) is 6.16. The number of ether oxygens (including phenoxy) is 2. The maximum Gasteiger partial charge on any atom is 0.0710 e. The Morgan fingerprint density at radius 2 is 1.18 bits per heavy atom. The van der Waals surface area contributed by atoms with Crippen molar-refractivity contribution >= 4 is 0 Å². The van der Waals surface area contributed by atoms with E-state index in [0.717, 1.165) is 25.9 Å². The number of hydrogen-bond donors (Lipinski definition) is 0. The van der Waals surface area contributed by atoms with Gasteiger partial charge in [0.1, 0.15) is 0 Å². The fourth-order valence-corrected chi connectivity index (χ4v) is 2.71. The van der Waals surface area contributed by atoms with E-state index in [1.54, 1.807) is 7.11 Å². The molecule has 0 aliphatic rings. The van der Waals surface area contributed by atoms with Gasteiger partial charge in [0.15, 0.2) is 0 Å². The van der Waals surface area contributed by atoms with Crippen molar-refractivity contribution in [2.75, 3.05) is 20.8 Å². The highest BCUT2D eigenvalue weighted by Gasteiger charge is 2.37. The molecule has 0 saturated carbocycles. The molecular weight excluding hydrogens is 212 g/mol. The van der Waals surface area contributed by atoms with Crippen LogP contribution in [0.25, 0.3) is 0 Å². The van der Waals surface area contributed by atoms with Crippen LogP contribution in [-0.4, -0.2) is 26.4 Å². The molecular formula is C15H32O2. The molecule has 0 amide bonds. The summed E-state index contributed by atoms with van der Waals surface area (Å²) in [4.78, 5) is 0. The van der Waals surface area contributed by atoms with E-state index in [2.05, 4.69) is 41.5 Å². The summed E-state index contributed by atoms with van der Waals surface area (Å²) < 4.78 is 11.2. The smallest absolute Gasteiger partial charge is 0.0710 e. The fourth-order valence-electron chi connectivity index (χ4n) is 2.71. The second-order valence-corrected chi connectivity index (χ2v) is 7.60. The molecule has 0 radical (unpaired) electrons. The summed E-state index contributed by atoms with van der Waals surface area (Å²) in [6.45, 7) is 14.4. The van der Waals surface area contributed by atoms with Gasteiger partial charge in [-0.25, -0.2) is 0 Å². The predicted molar refractivity (Wildman–Crippen MR) is 74.4 cm³/mol. The van der Waals surface area contributed by atoms with Crippen LogP contribution in [0.1, 0.15) is 60.8 Å². The van der Waals surface area contributed by atoms with E-state index in [0.29, 0.717) is 0 Å². The van der Waals surface area contributed by atoms with Crippen LogP contribution < -0.4 is 0 Å². The van der Waals surface area contributed by atoms with Crippen LogP contribution >= 0.6 is 0 Å². The van der Waals surface area contributed by atoms with Crippen molar-refractivity contribution in [2.45, 2.75) is 66.4 Å². The Morgan fingerprint density at radius 1 is 0.765 bits per heavy atom. The second kappa shape index (κ2) is 6.19. The molecule has 0 aliphatic carbocycles. The summed E-state index contributed by atoms with van der Waals surface area (Å²) in [5.41, 5.74) is 0.483. The lowest BCUT2D eigenvalue weighted by Crippen LogP contribution is -2.40. The SMILES string of the molecule is COCCC(CC(C)(C)C)(CC(C)(C)C)OC. The van der Waals surface area contributed by atoms with E-state index in [4.69, 9.17) is 9.47 Å². The zero-order valence-electron chi connectivity index (χ0n) is 13.1. The summed E-state index contributed by atoms with van der Waals surface area (Å²) in [7, 11) is 3.60. The summed E-state index contributed by atoms with van der Waals surface area (Å²) in [5.74, 6) is 0. The largest absolute Gasteiger partial charge is 0.385 e. The minimum atomic E-state index is -0.0630. The van der Waals surface area contributed by atoms with Gasteiger partial charge in [-0.05, 0) is 30.1 Å². The molecule has 0 aliphatic heterocycles. The third-order valence-corrected chi connectivity index (χ3v) is 2.90. The molecule has 0 aromatic carbocycles. The molecule has 0 aromatic rings. The molecule has 0 saturated heterocycles. The summed E-state index contributed by atoms with van der Waals surface area (Å²) in [6, 6.07) is 0. The van der Waals surface area contributed by atoms with Gasteiger partial charge in [-0.3, -0.25) is 0 Å². The van der Waals surface area contributed by atoms with Crippen molar-refractivity contribution in [3.63, 3.8) is 0 Å². The van der Waals surface area contributed by atoms with Crippen molar-refractivity contribution in [1.29, 1.82) is 0 Å². The van der Waals surface area contributed by atoms with Gasteiger partial charge in [0.25, 0.3) is 0 Å². The fraction of sp³-hybridized carbons (Fsp3) is 1.00. The third kappa shape index (κ3) is 7.77. The lowest BCUT2D eigenvalue weighted by atomic mass is 9.72. The monoisotopic (exact) mass is 244 g/mol. The van der Waals surface area contributed by atoms with Crippen molar-refractivity contribution in [2.24, 2.45) is 10.8 Å². The lowest BCUT2D eigenvalue weighted by molar-refractivity contribution is -0.0822. The Bertz CT molecular complexity index is 192. The summed E-state index contributed by atoms with van der Waals surface area (Å²) >= 11 is 0. The first-order valence-electron chi connectivity index (χ1n) is 6.58. The molecule has 0 N–H and O–H groups in total. The number of hydrogen-bond acceptors (Lipinski definition) is 2. The quantitative estimate of drug-likeness (QED) is 0.694. The van der Waals surface area contributed by atoms with Crippen LogP contribution in [0.15, 0.2) is 0 Å². The van der Waals surface area contributed by atoms with E-state index in [1.165, 1.54) is 0 Å². The molecule has 0 unspecified atom stereocenters. The van der Waals surface area contributed by atoms with Crippen LogP contribution in [0.2, 0.25) is 0 Å². The van der Waals surface area contributed by atoms with E-state index in [-0.39, 0.29) is 16.4 Å². The van der Waals surface area contributed by atoms with E-state index < -0.39 is 0 Å². The maximum absolute atomic E-state index is 5.91. The first-order chi connectivity index (χ1) is 7.54. The molecule has 0 heterocycles. The molecule has 2 nitrogen and oxygen atoms in total. The molecule has 0 atom stereocenters. The molecule has 17 heavy (non-hydrogen) atoms. The molecule has 0 fully saturated rings. The van der Waals surface area contributed by atoms with Crippen LogP contribution in [0.4, 0.5) is 0 Å². The van der Waals surface area contributed by atoms with Gasteiger partial charge < -0.3 is 9.47 Å². The Labute approximate surface area is 108 Å². The molecule has 104 valence electrons. The molecule has 0 bridgehead atoms. The molecule has 0 spiro atoms. The third-order valence-electron chi connectivity index (χ3n) is 2.90. The summed E-state index contributed by atoms with van der Waals surface area (Å²) in [5, 5.41) is 0. The highest BCUT2D eigenvalue weighted by atomic mass is 16.5. The summed E-state index contributed by atoms with van der Waals surface area (Å²) in [6.07, 6.45) is 3.10. The Hall–Kier alpha value is -0.0800. The first-order valence-corrected chi connectivity index (χ1v) is 6.58. The van der Waals surface area contributed by atoms with E-state index in [1.807, 2.05) is 7.11 Å². The van der Waals surface area contributed by atoms with Gasteiger partial charge in [0.05, 0.1) is 5.60 Å². The minimum Gasteiger partial charge on any atom is -0.385 e. The van der Waals surface area contributed by atoms with E-state index >= 15 is 0 Å². The first kappa shape index (κ1) is 16.9. The van der Waals surface area contributed by atoms with Crippen LogP contribution in [-0.2, 0) is 9.47 Å². The maximum atomic E-state index is 5.91. The zero-order valence-corrected chi connectivity index (χ0v) is 13.1. The zero-order chi connectivity index (χ0) is 13.7. The molecule has 0 aromatic heterocycles. The minimum absolute atomic E-state index is 0.0630. The second-order valence-electron chi connectivity index (χ2n) is 7.60. The van der Waals surface area contributed by atoms with E-state index in [9.17, 15) is 0 Å². The van der Waals surface area contributed by atoms with Gasteiger partial charge in [-0.1, -0.05) is 41.5 Å². The average molecular weight is 244 g/mol. The Morgan fingerprint density at radius 3 is 1.41 bits per heavy atom. The standard InChI is InChI=1S/C15H32O2/c1-13(2,3)11-15(17-8,9-10-16-7)12-14(4,5)6/h9-12H2,1-8H3. The van der Waals surface area contributed by atoms with Gasteiger partial charge >= 0.3 is 0 Å². The molecule has 0 rings (SSSR count). The van der Waals surface area contributed by atoms with Crippen LogP contribution in [0.3, 0.4) is 0 Å². The van der Waals surface area contributed by atoms with Crippen LogP contribution in [0, 0.1) is 10.8 Å².